The topological polar surface area (TPSA) is 41.6 Å². The fraction of sp³-hybridized carbons (Fsp3) is 0.941. The van der Waals surface area contributed by atoms with Gasteiger partial charge in [-0.05, 0) is 58.8 Å². The van der Waals surface area contributed by atoms with Crippen LogP contribution in [0.25, 0.3) is 0 Å². The van der Waals surface area contributed by atoms with Crippen LogP contribution in [0.1, 0.15) is 66.2 Å². The molecule has 0 aromatic heterocycles. The van der Waals surface area contributed by atoms with Gasteiger partial charge in [0.2, 0.25) is 0 Å². The first kappa shape index (κ1) is 16.6. The highest BCUT2D eigenvalue weighted by Crippen LogP contribution is 2.34. The smallest absolute Gasteiger partial charge is 0.410 e. The van der Waals surface area contributed by atoms with E-state index in [4.69, 9.17) is 4.74 Å². The summed E-state index contributed by atoms with van der Waals surface area (Å²) in [5.74, 6) is 0.869. The van der Waals surface area contributed by atoms with Gasteiger partial charge in [0.05, 0.1) is 0 Å². The summed E-state index contributed by atoms with van der Waals surface area (Å²) in [7, 11) is 0. The fourth-order valence-electron chi connectivity index (χ4n) is 3.16. The van der Waals surface area contributed by atoms with Gasteiger partial charge in [0.1, 0.15) is 5.60 Å². The molecule has 0 aromatic carbocycles. The zero-order valence-electron chi connectivity index (χ0n) is 14.2. The molecule has 0 aromatic rings. The Kier molecular flexibility index (Phi) is 5.53. The summed E-state index contributed by atoms with van der Waals surface area (Å²) < 4.78 is 5.53. The molecule has 4 heteroatoms. The molecule has 0 spiro atoms. The quantitative estimate of drug-likeness (QED) is 0.862. The lowest BCUT2D eigenvalue weighted by atomic mass is 10.1. The highest BCUT2D eigenvalue weighted by atomic mass is 16.6. The zero-order valence-corrected chi connectivity index (χ0v) is 14.2. The molecule has 1 aliphatic carbocycles. The van der Waals surface area contributed by atoms with Crippen molar-refractivity contribution in [3.05, 3.63) is 0 Å². The van der Waals surface area contributed by atoms with Crippen LogP contribution in [-0.4, -0.2) is 41.8 Å². The van der Waals surface area contributed by atoms with Gasteiger partial charge in [-0.2, -0.15) is 0 Å². The lowest BCUT2D eigenvalue weighted by molar-refractivity contribution is 0.0241. The molecule has 21 heavy (non-hydrogen) atoms. The van der Waals surface area contributed by atoms with Crippen molar-refractivity contribution in [3.63, 3.8) is 0 Å². The Labute approximate surface area is 129 Å². The van der Waals surface area contributed by atoms with E-state index in [9.17, 15) is 4.79 Å². The number of carbonyl (C=O) groups is 1. The van der Waals surface area contributed by atoms with Gasteiger partial charge in [0, 0.05) is 25.2 Å². The lowest BCUT2D eigenvalue weighted by Gasteiger charge is -2.30. The number of amides is 1. The minimum atomic E-state index is -0.410. The van der Waals surface area contributed by atoms with Gasteiger partial charge in [-0.15, -0.1) is 0 Å². The standard InChI is InChI=1S/C17H32N2O2/c1-5-15(13-9-10-13)18-14-8-6-7-11-19(12-14)16(20)21-17(2,3)4/h13-15,18H,5-12H2,1-4H3. The molecule has 1 aliphatic heterocycles. The molecule has 2 rings (SSSR count). The maximum Gasteiger partial charge on any atom is 0.410 e. The van der Waals surface area contributed by atoms with E-state index in [1.807, 2.05) is 25.7 Å². The van der Waals surface area contributed by atoms with E-state index >= 15 is 0 Å². The molecule has 122 valence electrons. The SMILES string of the molecule is CCC(NC1CCCCN(C(=O)OC(C)(C)C)C1)C1CC1. The van der Waals surface area contributed by atoms with Crippen molar-refractivity contribution in [3.8, 4) is 0 Å². The summed E-state index contributed by atoms with van der Waals surface area (Å²) in [6.07, 6.45) is 7.21. The van der Waals surface area contributed by atoms with Gasteiger partial charge >= 0.3 is 6.09 Å². The van der Waals surface area contributed by atoms with Gasteiger partial charge in [0.25, 0.3) is 0 Å². The summed E-state index contributed by atoms with van der Waals surface area (Å²) in [5.41, 5.74) is -0.410. The van der Waals surface area contributed by atoms with Crippen LogP contribution in [0.15, 0.2) is 0 Å². The van der Waals surface area contributed by atoms with Crippen molar-refractivity contribution in [1.29, 1.82) is 0 Å². The third-order valence-electron chi connectivity index (χ3n) is 4.40. The molecule has 2 aliphatic rings. The van der Waals surface area contributed by atoms with Crippen molar-refractivity contribution in [2.45, 2.75) is 83.9 Å². The van der Waals surface area contributed by atoms with E-state index in [0.717, 1.165) is 25.4 Å². The van der Waals surface area contributed by atoms with Crippen LogP contribution < -0.4 is 5.32 Å². The number of rotatable bonds is 4. The summed E-state index contributed by atoms with van der Waals surface area (Å²) in [6, 6.07) is 1.05. The Morgan fingerprint density at radius 2 is 2.00 bits per heavy atom. The summed E-state index contributed by atoms with van der Waals surface area (Å²) in [6.45, 7) is 9.67. The molecule has 1 saturated heterocycles. The molecule has 0 radical (unpaired) electrons. The molecule has 2 unspecified atom stereocenters. The van der Waals surface area contributed by atoms with Gasteiger partial charge in [-0.1, -0.05) is 13.3 Å². The number of ether oxygens (including phenoxy) is 1. The normalized spacial score (nSPS) is 25.3. The molecule has 1 N–H and O–H groups in total. The van der Waals surface area contributed by atoms with Crippen molar-refractivity contribution in [1.82, 2.24) is 10.2 Å². The molecular weight excluding hydrogens is 264 g/mol. The average Bonchev–Trinajstić information content (AvgIpc) is 3.20. The van der Waals surface area contributed by atoms with Crippen molar-refractivity contribution < 1.29 is 9.53 Å². The van der Waals surface area contributed by atoms with Gasteiger partial charge in [0.15, 0.2) is 0 Å². The van der Waals surface area contributed by atoms with Crippen LogP contribution >= 0.6 is 0 Å². The number of carbonyl (C=O) groups excluding carboxylic acids is 1. The second kappa shape index (κ2) is 6.99. The Morgan fingerprint density at radius 1 is 1.29 bits per heavy atom. The van der Waals surface area contributed by atoms with Crippen LogP contribution in [0.5, 0.6) is 0 Å². The first-order valence-corrected chi connectivity index (χ1v) is 8.63. The van der Waals surface area contributed by atoms with Gasteiger partial charge in [-0.3, -0.25) is 0 Å². The molecule has 1 heterocycles. The number of nitrogens with one attached hydrogen (secondary N) is 1. The minimum Gasteiger partial charge on any atom is -0.444 e. The van der Waals surface area contributed by atoms with E-state index in [1.54, 1.807) is 0 Å². The Balaban J connectivity index is 1.89. The largest absolute Gasteiger partial charge is 0.444 e. The van der Waals surface area contributed by atoms with E-state index in [-0.39, 0.29) is 6.09 Å². The third-order valence-corrected chi connectivity index (χ3v) is 4.40. The zero-order chi connectivity index (χ0) is 15.5. The van der Waals surface area contributed by atoms with E-state index < -0.39 is 5.60 Å². The molecule has 4 nitrogen and oxygen atoms in total. The second-order valence-corrected chi connectivity index (χ2v) is 7.64. The number of nitrogens with zero attached hydrogens (tertiary/aromatic N) is 1. The molecule has 2 fully saturated rings. The summed E-state index contributed by atoms with van der Waals surface area (Å²) in [4.78, 5) is 14.2. The molecule has 1 amide bonds. The van der Waals surface area contributed by atoms with Crippen LogP contribution in [0.2, 0.25) is 0 Å². The predicted octanol–water partition coefficient (Wildman–Crippen LogP) is 3.55. The number of likely N-dealkylation sites (tertiary alicyclic amines) is 1. The fourth-order valence-corrected chi connectivity index (χ4v) is 3.16. The average molecular weight is 296 g/mol. The van der Waals surface area contributed by atoms with Crippen LogP contribution in [0.3, 0.4) is 0 Å². The van der Waals surface area contributed by atoms with E-state index in [1.165, 1.54) is 32.1 Å². The van der Waals surface area contributed by atoms with E-state index in [0.29, 0.717) is 12.1 Å². The highest BCUT2D eigenvalue weighted by molar-refractivity contribution is 5.68. The van der Waals surface area contributed by atoms with Gasteiger partial charge < -0.3 is 15.0 Å². The Morgan fingerprint density at radius 3 is 2.57 bits per heavy atom. The third kappa shape index (κ3) is 5.50. The summed E-state index contributed by atoms with van der Waals surface area (Å²) >= 11 is 0. The maximum absolute atomic E-state index is 12.3. The van der Waals surface area contributed by atoms with E-state index in [2.05, 4.69) is 12.2 Å². The predicted molar refractivity (Wildman–Crippen MR) is 85.4 cm³/mol. The molecule has 0 bridgehead atoms. The molecule has 1 saturated carbocycles. The van der Waals surface area contributed by atoms with Crippen molar-refractivity contribution >= 4 is 6.09 Å². The van der Waals surface area contributed by atoms with Crippen molar-refractivity contribution in [2.24, 2.45) is 5.92 Å². The molecular formula is C17H32N2O2. The monoisotopic (exact) mass is 296 g/mol. The van der Waals surface area contributed by atoms with Crippen LogP contribution in [-0.2, 0) is 4.74 Å². The maximum atomic E-state index is 12.3. The highest BCUT2D eigenvalue weighted by Gasteiger charge is 2.33. The van der Waals surface area contributed by atoms with Crippen LogP contribution in [0.4, 0.5) is 4.79 Å². The first-order valence-electron chi connectivity index (χ1n) is 8.63. The summed E-state index contributed by atoms with van der Waals surface area (Å²) in [5, 5.41) is 3.81. The number of hydrogen-bond donors (Lipinski definition) is 1. The lowest BCUT2D eigenvalue weighted by Crippen LogP contribution is -2.47. The Bertz CT molecular complexity index is 347. The van der Waals surface area contributed by atoms with Crippen LogP contribution in [0, 0.1) is 5.92 Å². The Hall–Kier alpha value is -0.770. The second-order valence-electron chi connectivity index (χ2n) is 7.64. The minimum absolute atomic E-state index is 0.157. The first-order chi connectivity index (χ1) is 9.89. The number of hydrogen-bond acceptors (Lipinski definition) is 3. The van der Waals surface area contributed by atoms with Gasteiger partial charge in [-0.25, -0.2) is 4.79 Å². The van der Waals surface area contributed by atoms with Crippen molar-refractivity contribution in [2.75, 3.05) is 13.1 Å². The molecule has 2 atom stereocenters.